The summed E-state index contributed by atoms with van der Waals surface area (Å²) in [7, 11) is 0. The second-order valence-corrected chi connectivity index (χ2v) is 4.23. The first-order valence-corrected chi connectivity index (χ1v) is 5.85. The fourth-order valence-electron chi connectivity index (χ4n) is 2.19. The summed E-state index contributed by atoms with van der Waals surface area (Å²) in [4.78, 5) is 11.7. The average molecular weight is 234 g/mol. The second kappa shape index (κ2) is 4.15. The highest BCUT2D eigenvalue weighted by molar-refractivity contribution is 5.98. The van der Waals surface area contributed by atoms with Crippen molar-refractivity contribution in [3.05, 3.63) is 66.4 Å². The standard InChI is InChI=1S/C16H12NO/c1-12(18)14-7-3-5-9-16(14)17-11-10-13-6-2-4-8-15(13)17/h2-9,11H,1H3. The van der Waals surface area contributed by atoms with E-state index in [-0.39, 0.29) is 5.78 Å². The molecule has 18 heavy (non-hydrogen) atoms. The Balaban J connectivity index is 2.30. The quantitative estimate of drug-likeness (QED) is 0.620. The molecule has 3 aromatic rings. The van der Waals surface area contributed by atoms with E-state index in [0.717, 1.165) is 22.2 Å². The molecule has 0 aliphatic rings. The molecular formula is C16H12NO. The van der Waals surface area contributed by atoms with E-state index < -0.39 is 0 Å². The van der Waals surface area contributed by atoms with Crippen LogP contribution in [0.3, 0.4) is 0 Å². The summed E-state index contributed by atoms with van der Waals surface area (Å²) in [6.07, 6.45) is 1.88. The molecule has 2 aromatic carbocycles. The Labute approximate surface area is 105 Å². The highest BCUT2D eigenvalue weighted by Gasteiger charge is 2.09. The number of nitrogens with zero attached hydrogens (tertiary/aromatic N) is 1. The van der Waals surface area contributed by atoms with Crippen molar-refractivity contribution in [1.82, 2.24) is 4.57 Å². The van der Waals surface area contributed by atoms with Crippen LogP contribution in [0.5, 0.6) is 0 Å². The third-order valence-electron chi connectivity index (χ3n) is 3.06. The van der Waals surface area contributed by atoms with Gasteiger partial charge in [0.1, 0.15) is 0 Å². The van der Waals surface area contributed by atoms with E-state index in [1.165, 1.54) is 0 Å². The number of aromatic nitrogens is 1. The van der Waals surface area contributed by atoms with Gasteiger partial charge in [-0.05, 0) is 25.1 Å². The summed E-state index contributed by atoms with van der Waals surface area (Å²) in [5.74, 6) is 0.0726. The van der Waals surface area contributed by atoms with Gasteiger partial charge in [-0.15, -0.1) is 0 Å². The summed E-state index contributed by atoms with van der Waals surface area (Å²) < 4.78 is 2.01. The first-order chi connectivity index (χ1) is 8.77. The monoisotopic (exact) mass is 234 g/mol. The Morgan fingerprint density at radius 3 is 2.61 bits per heavy atom. The fraction of sp³-hybridized carbons (Fsp3) is 0.0625. The molecule has 0 fully saturated rings. The van der Waals surface area contributed by atoms with Gasteiger partial charge in [0.2, 0.25) is 0 Å². The molecule has 0 amide bonds. The maximum atomic E-state index is 11.7. The molecule has 0 spiro atoms. The smallest absolute Gasteiger partial charge is 0.161 e. The topological polar surface area (TPSA) is 22.0 Å². The minimum atomic E-state index is 0.0726. The van der Waals surface area contributed by atoms with Crippen LogP contribution in [-0.2, 0) is 0 Å². The number of Topliss-reactive ketones (excluding diaryl/α,β-unsaturated/α-hetero) is 1. The van der Waals surface area contributed by atoms with E-state index in [1.54, 1.807) is 6.92 Å². The zero-order valence-corrected chi connectivity index (χ0v) is 10.1. The van der Waals surface area contributed by atoms with Crippen molar-refractivity contribution in [2.75, 3.05) is 0 Å². The van der Waals surface area contributed by atoms with Gasteiger partial charge in [-0.3, -0.25) is 4.79 Å². The summed E-state index contributed by atoms with van der Waals surface area (Å²) in [6, 6.07) is 18.9. The van der Waals surface area contributed by atoms with Crippen molar-refractivity contribution in [2.45, 2.75) is 6.92 Å². The number of benzene rings is 2. The number of ketones is 1. The van der Waals surface area contributed by atoms with Crippen molar-refractivity contribution in [1.29, 1.82) is 0 Å². The molecule has 0 atom stereocenters. The Morgan fingerprint density at radius 1 is 1.06 bits per heavy atom. The van der Waals surface area contributed by atoms with Crippen molar-refractivity contribution < 1.29 is 4.79 Å². The van der Waals surface area contributed by atoms with Crippen LogP contribution < -0.4 is 0 Å². The van der Waals surface area contributed by atoms with Crippen molar-refractivity contribution in [3.8, 4) is 5.69 Å². The summed E-state index contributed by atoms with van der Waals surface area (Å²) in [6.45, 7) is 1.59. The molecule has 0 aliphatic carbocycles. The third kappa shape index (κ3) is 1.63. The Morgan fingerprint density at radius 2 is 1.78 bits per heavy atom. The predicted molar refractivity (Wildman–Crippen MR) is 72.1 cm³/mol. The summed E-state index contributed by atoms with van der Waals surface area (Å²) in [5, 5.41) is 1.05. The van der Waals surface area contributed by atoms with E-state index in [4.69, 9.17) is 0 Å². The number of carbonyl (C=O) groups excluding carboxylic acids is 1. The van der Waals surface area contributed by atoms with Crippen LogP contribution in [0.1, 0.15) is 17.3 Å². The van der Waals surface area contributed by atoms with Crippen molar-refractivity contribution in [3.63, 3.8) is 0 Å². The Bertz CT molecular complexity index is 725. The molecule has 1 radical (unpaired) electrons. The number of rotatable bonds is 2. The van der Waals surface area contributed by atoms with Crippen molar-refractivity contribution in [2.24, 2.45) is 0 Å². The third-order valence-corrected chi connectivity index (χ3v) is 3.06. The molecule has 0 saturated heterocycles. The van der Waals surface area contributed by atoms with Crippen LogP contribution in [0, 0.1) is 6.07 Å². The Kier molecular flexibility index (Phi) is 2.49. The van der Waals surface area contributed by atoms with E-state index in [9.17, 15) is 4.79 Å². The minimum absolute atomic E-state index is 0.0726. The van der Waals surface area contributed by atoms with E-state index in [0.29, 0.717) is 0 Å². The van der Waals surface area contributed by atoms with Crippen LogP contribution in [0.15, 0.2) is 54.7 Å². The molecule has 2 heteroatoms. The maximum absolute atomic E-state index is 11.7. The van der Waals surface area contributed by atoms with Crippen LogP contribution in [0.2, 0.25) is 0 Å². The molecule has 1 heterocycles. The number of hydrogen-bond donors (Lipinski definition) is 0. The molecule has 3 rings (SSSR count). The second-order valence-electron chi connectivity index (χ2n) is 4.23. The van der Waals surface area contributed by atoms with Gasteiger partial charge in [0.05, 0.1) is 11.2 Å². The molecular weight excluding hydrogens is 222 g/mol. The van der Waals surface area contributed by atoms with Gasteiger partial charge in [0.15, 0.2) is 5.78 Å². The van der Waals surface area contributed by atoms with Gasteiger partial charge in [0.25, 0.3) is 0 Å². The molecule has 0 N–H and O–H groups in total. The highest BCUT2D eigenvalue weighted by Crippen LogP contribution is 2.22. The van der Waals surface area contributed by atoms with Crippen molar-refractivity contribution >= 4 is 16.7 Å². The molecule has 87 valence electrons. The lowest BCUT2D eigenvalue weighted by Crippen LogP contribution is -2.01. The lowest BCUT2D eigenvalue weighted by atomic mass is 10.1. The average Bonchev–Trinajstić information content (AvgIpc) is 2.82. The maximum Gasteiger partial charge on any atom is 0.161 e. The van der Waals surface area contributed by atoms with Gasteiger partial charge in [-0.25, -0.2) is 0 Å². The molecule has 0 aliphatic heterocycles. The minimum Gasteiger partial charge on any atom is -0.315 e. The van der Waals surface area contributed by atoms with Gasteiger partial charge in [0, 0.05) is 23.2 Å². The normalized spacial score (nSPS) is 10.7. The Hall–Kier alpha value is -2.35. The SMILES string of the molecule is CC(=O)c1ccccc1-n1c[c]c2ccccc21. The van der Waals surface area contributed by atoms with E-state index >= 15 is 0 Å². The summed E-state index contributed by atoms with van der Waals surface area (Å²) >= 11 is 0. The van der Waals surface area contributed by atoms with Gasteiger partial charge in [-0.2, -0.15) is 0 Å². The molecule has 2 nitrogen and oxygen atoms in total. The number of hydrogen-bond acceptors (Lipinski definition) is 1. The van der Waals surface area contributed by atoms with Crippen LogP contribution >= 0.6 is 0 Å². The van der Waals surface area contributed by atoms with Crippen LogP contribution in [-0.4, -0.2) is 10.4 Å². The van der Waals surface area contributed by atoms with Gasteiger partial charge in [-0.1, -0.05) is 30.3 Å². The zero-order chi connectivity index (χ0) is 12.5. The molecule has 1 aromatic heterocycles. The molecule has 0 saturated carbocycles. The van der Waals surface area contributed by atoms with E-state index in [2.05, 4.69) is 6.07 Å². The van der Waals surface area contributed by atoms with Gasteiger partial charge >= 0.3 is 0 Å². The number of fused-ring (bicyclic) bond motifs is 1. The van der Waals surface area contributed by atoms with E-state index in [1.807, 2.05) is 59.3 Å². The lowest BCUT2D eigenvalue weighted by Gasteiger charge is -2.09. The first-order valence-electron chi connectivity index (χ1n) is 5.85. The summed E-state index contributed by atoms with van der Waals surface area (Å²) in [5.41, 5.74) is 2.70. The predicted octanol–water partition coefficient (Wildman–Crippen LogP) is 3.63. The highest BCUT2D eigenvalue weighted by atomic mass is 16.1. The van der Waals surface area contributed by atoms with Crippen LogP contribution in [0.25, 0.3) is 16.6 Å². The van der Waals surface area contributed by atoms with Gasteiger partial charge < -0.3 is 4.57 Å². The van der Waals surface area contributed by atoms with Crippen LogP contribution in [0.4, 0.5) is 0 Å². The number of para-hydroxylation sites is 2. The fourth-order valence-corrected chi connectivity index (χ4v) is 2.19. The molecule has 0 unspecified atom stereocenters. The molecule has 0 bridgehead atoms. The number of carbonyl (C=O) groups is 1. The first kappa shape index (κ1) is 10.8. The zero-order valence-electron chi connectivity index (χ0n) is 10.1. The lowest BCUT2D eigenvalue weighted by molar-refractivity contribution is 0.101. The largest absolute Gasteiger partial charge is 0.315 e.